The molecule has 2 unspecified atom stereocenters. The van der Waals surface area contributed by atoms with Gasteiger partial charge in [-0.05, 0) is 44.9 Å². The molecular weight excluding hydrogens is 727 g/mol. The highest BCUT2D eigenvalue weighted by molar-refractivity contribution is 5.70. The SMILES string of the molecule is CC/C=C/C/C=C/C/C=C/CCCCCCC(=O)OC(COCCC(C(=O)[O-])[N+](C)(C)C)COC(=O)CCCCCCCCCCCCCCCCCCCCCC. The van der Waals surface area contributed by atoms with E-state index in [9.17, 15) is 19.5 Å². The third-order valence-corrected chi connectivity index (χ3v) is 10.8. The van der Waals surface area contributed by atoms with Crippen molar-refractivity contribution in [2.45, 2.75) is 225 Å². The number of carboxylic acid groups (broad SMARTS) is 1. The second-order valence-corrected chi connectivity index (χ2v) is 17.3. The number of nitrogens with zero attached hydrogens (tertiary/aromatic N) is 1. The highest BCUT2D eigenvalue weighted by Crippen LogP contribution is 2.16. The van der Waals surface area contributed by atoms with Gasteiger partial charge in [0.05, 0.1) is 40.3 Å². The van der Waals surface area contributed by atoms with Crippen LogP contribution in [0.4, 0.5) is 0 Å². The van der Waals surface area contributed by atoms with Crippen LogP contribution in [0.15, 0.2) is 36.5 Å². The number of allylic oxidation sites excluding steroid dienone is 6. The quantitative estimate of drug-likeness (QED) is 0.0261. The number of ether oxygens (including phenoxy) is 3. The molecule has 0 aliphatic heterocycles. The smallest absolute Gasteiger partial charge is 0.306 e. The maximum absolute atomic E-state index is 12.7. The van der Waals surface area contributed by atoms with Gasteiger partial charge in [0.1, 0.15) is 12.6 Å². The van der Waals surface area contributed by atoms with Crippen LogP contribution in [0, 0.1) is 0 Å². The van der Waals surface area contributed by atoms with Crippen molar-refractivity contribution >= 4 is 17.9 Å². The summed E-state index contributed by atoms with van der Waals surface area (Å²) in [6, 6.07) is -0.729. The summed E-state index contributed by atoms with van der Waals surface area (Å²) in [5.74, 6) is -1.75. The van der Waals surface area contributed by atoms with Crippen molar-refractivity contribution in [1.29, 1.82) is 0 Å². The highest BCUT2D eigenvalue weighted by atomic mass is 16.6. The molecule has 0 saturated carbocycles. The Morgan fingerprint density at radius 1 is 0.534 bits per heavy atom. The number of likely N-dealkylation sites (N-methyl/N-ethyl adjacent to an activating group) is 1. The number of esters is 2. The van der Waals surface area contributed by atoms with Gasteiger partial charge in [-0.2, -0.15) is 0 Å². The number of rotatable bonds is 43. The molecular formula is C50H91NO7. The predicted molar refractivity (Wildman–Crippen MR) is 240 cm³/mol. The molecule has 0 bridgehead atoms. The van der Waals surface area contributed by atoms with E-state index in [0.717, 1.165) is 70.6 Å². The highest BCUT2D eigenvalue weighted by Gasteiger charge is 2.25. The second-order valence-electron chi connectivity index (χ2n) is 17.3. The minimum Gasteiger partial charge on any atom is -0.544 e. The minimum absolute atomic E-state index is 0.0339. The lowest BCUT2D eigenvalue weighted by molar-refractivity contribution is -0.889. The zero-order chi connectivity index (χ0) is 42.8. The summed E-state index contributed by atoms with van der Waals surface area (Å²) in [6.07, 6.45) is 47.5. The molecule has 338 valence electrons. The Bertz CT molecular complexity index is 1050. The zero-order valence-electron chi connectivity index (χ0n) is 38.5. The molecule has 0 saturated heterocycles. The zero-order valence-corrected chi connectivity index (χ0v) is 38.5. The van der Waals surface area contributed by atoms with Crippen molar-refractivity contribution in [3.05, 3.63) is 36.5 Å². The normalized spacial score (nSPS) is 13.2. The van der Waals surface area contributed by atoms with Crippen LogP contribution in [-0.4, -0.2) is 75.5 Å². The lowest BCUT2D eigenvalue weighted by atomic mass is 10.0. The van der Waals surface area contributed by atoms with E-state index in [0.29, 0.717) is 12.8 Å². The monoisotopic (exact) mass is 818 g/mol. The van der Waals surface area contributed by atoms with E-state index in [1.54, 1.807) is 21.1 Å². The first-order valence-electron chi connectivity index (χ1n) is 24.0. The molecule has 8 heteroatoms. The molecule has 0 fully saturated rings. The van der Waals surface area contributed by atoms with Gasteiger partial charge >= 0.3 is 11.9 Å². The molecule has 0 radical (unpaired) electrons. The van der Waals surface area contributed by atoms with Crippen LogP contribution < -0.4 is 5.11 Å². The molecule has 0 aromatic rings. The van der Waals surface area contributed by atoms with Crippen LogP contribution in [0.1, 0.15) is 213 Å². The van der Waals surface area contributed by atoms with Gasteiger partial charge in [0, 0.05) is 19.3 Å². The van der Waals surface area contributed by atoms with Crippen LogP contribution in [0.2, 0.25) is 0 Å². The summed E-state index contributed by atoms with van der Waals surface area (Å²) in [5, 5.41) is 11.6. The summed E-state index contributed by atoms with van der Waals surface area (Å²) >= 11 is 0. The van der Waals surface area contributed by atoms with E-state index in [2.05, 4.69) is 50.3 Å². The summed E-state index contributed by atoms with van der Waals surface area (Å²) in [5.41, 5.74) is 0. The Morgan fingerprint density at radius 3 is 1.43 bits per heavy atom. The van der Waals surface area contributed by atoms with E-state index in [-0.39, 0.29) is 42.7 Å². The fraction of sp³-hybridized carbons (Fsp3) is 0.820. The average molecular weight is 818 g/mol. The lowest BCUT2D eigenvalue weighted by Gasteiger charge is -2.34. The number of hydrogen-bond donors (Lipinski definition) is 0. The summed E-state index contributed by atoms with van der Waals surface area (Å²) in [7, 11) is 5.40. The van der Waals surface area contributed by atoms with Crippen molar-refractivity contribution < 1.29 is 38.2 Å². The van der Waals surface area contributed by atoms with Crippen molar-refractivity contribution in [3.8, 4) is 0 Å². The van der Waals surface area contributed by atoms with Gasteiger partial charge in [0.15, 0.2) is 6.10 Å². The molecule has 0 aliphatic rings. The second kappa shape index (κ2) is 41.3. The van der Waals surface area contributed by atoms with Crippen LogP contribution in [0.25, 0.3) is 0 Å². The summed E-state index contributed by atoms with van der Waals surface area (Å²) in [6.45, 7) is 4.55. The van der Waals surface area contributed by atoms with Crippen molar-refractivity contribution in [2.24, 2.45) is 0 Å². The standard InChI is InChI=1S/C50H91NO7/c1-6-8-10-12-14-16-18-20-22-23-24-25-26-27-29-30-32-34-36-38-40-48(52)57-45-46(44-56-43-42-47(50(54)55)51(3,4)5)58-49(53)41-39-37-35-33-31-28-21-19-17-15-13-11-9-7-2/h9,11,15,17,21,28,46-47H,6-8,10,12-14,16,18-20,22-27,29-45H2,1-5H3/b11-9+,17-15+,28-21+. The van der Waals surface area contributed by atoms with Crippen molar-refractivity contribution in [3.63, 3.8) is 0 Å². The molecule has 0 spiro atoms. The maximum Gasteiger partial charge on any atom is 0.306 e. The van der Waals surface area contributed by atoms with Crippen LogP contribution in [-0.2, 0) is 28.6 Å². The summed E-state index contributed by atoms with van der Waals surface area (Å²) in [4.78, 5) is 36.9. The Balaban J connectivity index is 4.25. The van der Waals surface area contributed by atoms with Gasteiger partial charge in [0.2, 0.25) is 0 Å². The first-order chi connectivity index (χ1) is 28.1. The molecule has 2 atom stereocenters. The van der Waals surface area contributed by atoms with Gasteiger partial charge in [-0.3, -0.25) is 9.59 Å². The van der Waals surface area contributed by atoms with Crippen molar-refractivity contribution in [2.75, 3.05) is 41.0 Å². The van der Waals surface area contributed by atoms with E-state index >= 15 is 0 Å². The summed E-state index contributed by atoms with van der Waals surface area (Å²) < 4.78 is 17.2. The first-order valence-corrected chi connectivity index (χ1v) is 24.0. The van der Waals surface area contributed by atoms with Gasteiger partial charge in [-0.15, -0.1) is 0 Å². The number of unbranched alkanes of at least 4 members (excludes halogenated alkanes) is 23. The van der Waals surface area contributed by atoms with Crippen molar-refractivity contribution in [1.82, 2.24) is 0 Å². The Morgan fingerprint density at radius 2 is 0.966 bits per heavy atom. The molecule has 0 aromatic heterocycles. The van der Waals surface area contributed by atoms with Crippen LogP contribution in [0.5, 0.6) is 0 Å². The molecule has 58 heavy (non-hydrogen) atoms. The number of aliphatic carboxylic acids is 1. The largest absolute Gasteiger partial charge is 0.544 e. The minimum atomic E-state index is -1.13. The fourth-order valence-electron chi connectivity index (χ4n) is 7.09. The number of quaternary nitrogens is 1. The lowest BCUT2D eigenvalue weighted by Crippen LogP contribution is -2.55. The molecule has 0 aromatic carbocycles. The van der Waals surface area contributed by atoms with Gasteiger partial charge in [-0.1, -0.05) is 185 Å². The molecule has 0 heterocycles. The third kappa shape index (κ3) is 39.0. The molecule has 8 nitrogen and oxygen atoms in total. The van der Waals surface area contributed by atoms with Gasteiger partial charge in [-0.25, -0.2) is 0 Å². The van der Waals surface area contributed by atoms with Crippen LogP contribution in [0.3, 0.4) is 0 Å². The maximum atomic E-state index is 12.7. The van der Waals surface area contributed by atoms with E-state index in [1.807, 2.05) is 0 Å². The average Bonchev–Trinajstić information content (AvgIpc) is 3.18. The van der Waals surface area contributed by atoms with E-state index < -0.39 is 18.1 Å². The molecule has 0 rings (SSSR count). The Kier molecular flexibility index (Phi) is 39.5. The van der Waals surface area contributed by atoms with Crippen LogP contribution >= 0.6 is 0 Å². The number of carboxylic acids is 1. The topological polar surface area (TPSA) is 102 Å². The third-order valence-electron chi connectivity index (χ3n) is 10.8. The Hall–Kier alpha value is -2.45. The molecule has 0 N–H and O–H groups in total. The first kappa shape index (κ1) is 55.5. The number of hydrogen-bond acceptors (Lipinski definition) is 7. The Labute approximate surface area is 357 Å². The van der Waals surface area contributed by atoms with Gasteiger partial charge < -0.3 is 28.6 Å². The number of carbonyl (C=O) groups excluding carboxylic acids is 3. The fourth-order valence-corrected chi connectivity index (χ4v) is 7.09. The van der Waals surface area contributed by atoms with Gasteiger partial charge in [0.25, 0.3) is 0 Å². The number of carbonyl (C=O) groups is 3. The van der Waals surface area contributed by atoms with E-state index in [1.165, 1.54) is 109 Å². The molecule has 0 amide bonds. The molecule has 0 aliphatic carbocycles. The van der Waals surface area contributed by atoms with E-state index in [4.69, 9.17) is 14.2 Å². The predicted octanol–water partition coefficient (Wildman–Crippen LogP) is 12.1.